The molecule has 0 saturated heterocycles. The summed E-state index contributed by atoms with van der Waals surface area (Å²) in [5.74, 6) is 1.52. The molecule has 11 aromatic rings. The van der Waals surface area contributed by atoms with Gasteiger partial charge >= 0.3 is 0 Å². The molecule has 8 heteroatoms. The topological polar surface area (TPSA) is 71.4 Å². The predicted molar refractivity (Wildman–Crippen MR) is 217 cm³/mol. The normalized spacial score (nSPS) is 11.8. The highest BCUT2D eigenvalue weighted by molar-refractivity contribution is 7.25. The first kappa shape index (κ1) is 29.7. The third-order valence-electron chi connectivity index (χ3n) is 9.77. The fraction of sp³-hybridized carbons (Fsp3) is 0. The van der Waals surface area contributed by atoms with Gasteiger partial charge in [-0.05, 0) is 78.9 Å². The molecule has 0 N–H and O–H groups in total. The first-order valence-electron chi connectivity index (χ1n) is 17.3. The van der Waals surface area contributed by atoms with E-state index in [0.717, 1.165) is 98.7 Å². The van der Waals surface area contributed by atoms with E-state index in [2.05, 4.69) is 76.5 Å². The number of hydrogen-bond acceptors (Lipinski definition) is 8. The van der Waals surface area contributed by atoms with E-state index in [4.69, 9.17) is 23.8 Å². The zero-order valence-corrected chi connectivity index (χ0v) is 28.9. The third kappa shape index (κ3) is 4.84. The number of thiophene rings is 1. The van der Waals surface area contributed by atoms with Crippen molar-refractivity contribution in [2.75, 3.05) is 9.80 Å². The molecule has 11 rings (SSSR count). The molecular formula is C45H27N5O2S. The molecule has 0 atom stereocenters. The fourth-order valence-corrected chi connectivity index (χ4v) is 8.36. The van der Waals surface area contributed by atoms with E-state index < -0.39 is 0 Å². The molecule has 5 heterocycles. The van der Waals surface area contributed by atoms with E-state index in [1.165, 1.54) is 0 Å². The van der Waals surface area contributed by atoms with Crippen molar-refractivity contribution in [2.45, 2.75) is 0 Å². The molecular weight excluding hydrogens is 675 g/mol. The summed E-state index contributed by atoms with van der Waals surface area (Å²) in [5.41, 5.74) is 8.22. The molecule has 0 saturated carbocycles. The second-order valence-electron chi connectivity index (χ2n) is 12.9. The Balaban J connectivity index is 1.04. The van der Waals surface area contributed by atoms with Gasteiger partial charge in [0, 0.05) is 60.6 Å². The van der Waals surface area contributed by atoms with Crippen LogP contribution in [-0.4, -0.2) is 15.0 Å². The first-order valence-corrected chi connectivity index (χ1v) is 18.2. The Morgan fingerprint density at radius 2 is 0.943 bits per heavy atom. The van der Waals surface area contributed by atoms with Gasteiger partial charge in [-0.2, -0.15) is 0 Å². The van der Waals surface area contributed by atoms with Crippen LogP contribution in [0, 0.1) is 0 Å². The zero-order valence-electron chi connectivity index (χ0n) is 28.0. The van der Waals surface area contributed by atoms with Crippen LogP contribution in [-0.2, 0) is 0 Å². The summed E-state index contributed by atoms with van der Waals surface area (Å²) in [6, 6.07) is 51.6. The summed E-state index contributed by atoms with van der Waals surface area (Å²) < 4.78 is 13.3. The van der Waals surface area contributed by atoms with Crippen molar-refractivity contribution in [1.82, 2.24) is 15.0 Å². The smallest absolute Gasteiger partial charge is 0.157 e. The van der Waals surface area contributed by atoms with E-state index in [9.17, 15) is 0 Å². The molecule has 0 amide bonds. The van der Waals surface area contributed by atoms with Gasteiger partial charge in [-0.15, -0.1) is 11.3 Å². The monoisotopic (exact) mass is 701 g/mol. The molecule has 0 fully saturated rings. The molecule has 5 aromatic heterocycles. The minimum absolute atomic E-state index is 0.724. The number of furan rings is 2. The van der Waals surface area contributed by atoms with Crippen molar-refractivity contribution in [3.8, 4) is 0 Å². The van der Waals surface area contributed by atoms with Crippen LogP contribution >= 0.6 is 11.3 Å². The maximum atomic E-state index is 6.15. The maximum Gasteiger partial charge on any atom is 0.157 e. The number of aromatic nitrogens is 3. The highest BCUT2D eigenvalue weighted by atomic mass is 32.1. The molecule has 53 heavy (non-hydrogen) atoms. The van der Waals surface area contributed by atoms with Crippen LogP contribution < -0.4 is 9.80 Å². The lowest BCUT2D eigenvalue weighted by atomic mass is 10.1. The molecule has 0 aliphatic heterocycles. The Hall–Kier alpha value is -7.03. The van der Waals surface area contributed by atoms with E-state index in [1.54, 1.807) is 11.3 Å². The summed E-state index contributed by atoms with van der Waals surface area (Å²) >= 11 is 1.62. The number of fused-ring (bicyclic) bond motifs is 9. The van der Waals surface area contributed by atoms with E-state index in [-0.39, 0.29) is 0 Å². The summed E-state index contributed by atoms with van der Waals surface area (Å²) in [7, 11) is 0. The number of para-hydroxylation sites is 4. The number of hydrogen-bond donors (Lipinski definition) is 0. The van der Waals surface area contributed by atoms with Crippen LogP contribution in [0.4, 0.5) is 34.4 Å². The van der Waals surface area contributed by atoms with Gasteiger partial charge in [0.1, 0.15) is 38.5 Å². The van der Waals surface area contributed by atoms with E-state index in [1.807, 2.05) is 97.3 Å². The van der Waals surface area contributed by atoms with Gasteiger partial charge in [-0.25, -0.2) is 15.0 Å². The Bertz CT molecular complexity index is 2940. The standard InChI is InChI=1S/C45H27N5O2S/c1-3-11-28(12-4-1)49(30-19-21-39-34(23-30)32-15-7-9-17-37(32)51-39)42-25-41-36(26-46-42)44-45(53-41)48-43(27-47-44)50(29-13-5-2-6-14-29)31-20-22-40-35(24-31)33-16-8-10-18-38(33)52-40/h1-27H. The Kier molecular flexibility index (Phi) is 6.59. The average Bonchev–Trinajstić information content (AvgIpc) is 3.89. The quantitative estimate of drug-likeness (QED) is 0.171. The molecule has 0 radical (unpaired) electrons. The second-order valence-corrected chi connectivity index (χ2v) is 14.0. The van der Waals surface area contributed by atoms with Crippen LogP contribution in [0.3, 0.4) is 0 Å². The SMILES string of the molecule is c1ccc(N(c2ccc3oc4ccccc4c3c2)c2cc3sc4nc(N(c5ccccc5)c5ccc6oc7ccccc7c6c5)cnc4c3cn2)cc1. The summed E-state index contributed by atoms with van der Waals surface area (Å²) in [4.78, 5) is 20.5. The Morgan fingerprint density at radius 3 is 1.55 bits per heavy atom. The van der Waals surface area contributed by atoms with Gasteiger partial charge in [-0.1, -0.05) is 72.8 Å². The van der Waals surface area contributed by atoms with Crippen molar-refractivity contribution >= 4 is 110 Å². The van der Waals surface area contributed by atoms with Crippen LogP contribution in [0.2, 0.25) is 0 Å². The first-order chi connectivity index (χ1) is 26.2. The summed E-state index contributed by atoms with van der Waals surface area (Å²) in [6.07, 6.45) is 3.78. The van der Waals surface area contributed by atoms with Gasteiger partial charge < -0.3 is 8.83 Å². The van der Waals surface area contributed by atoms with Crippen molar-refractivity contribution in [1.29, 1.82) is 0 Å². The number of anilines is 6. The summed E-state index contributed by atoms with van der Waals surface area (Å²) in [6.45, 7) is 0. The van der Waals surface area contributed by atoms with Gasteiger partial charge in [0.2, 0.25) is 0 Å². The van der Waals surface area contributed by atoms with E-state index in [0.29, 0.717) is 0 Å². The number of nitrogens with zero attached hydrogens (tertiary/aromatic N) is 5. The van der Waals surface area contributed by atoms with Crippen LogP contribution in [0.15, 0.2) is 173 Å². The molecule has 0 aliphatic rings. The van der Waals surface area contributed by atoms with Gasteiger partial charge in [0.25, 0.3) is 0 Å². The number of rotatable bonds is 6. The zero-order chi connectivity index (χ0) is 34.9. The molecule has 0 unspecified atom stereocenters. The Labute approximate surface area is 306 Å². The van der Waals surface area contributed by atoms with Gasteiger partial charge in [-0.3, -0.25) is 9.80 Å². The fourth-order valence-electron chi connectivity index (χ4n) is 7.33. The van der Waals surface area contributed by atoms with Crippen molar-refractivity contribution in [2.24, 2.45) is 0 Å². The molecule has 0 bridgehead atoms. The lowest BCUT2D eigenvalue weighted by molar-refractivity contribution is 0.668. The lowest BCUT2D eigenvalue weighted by Crippen LogP contribution is -2.11. The number of benzene rings is 6. The van der Waals surface area contributed by atoms with Gasteiger partial charge in [0.05, 0.1) is 6.20 Å². The predicted octanol–water partition coefficient (Wildman–Crippen LogP) is 13.0. The average molecular weight is 702 g/mol. The molecule has 250 valence electrons. The van der Waals surface area contributed by atoms with Crippen LogP contribution in [0.25, 0.3) is 64.3 Å². The van der Waals surface area contributed by atoms with Gasteiger partial charge in [0.15, 0.2) is 5.82 Å². The number of pyridine rings is 1. The molecule has 7 nitrogen and oxygen atoms in total. The lowest BCUT2D eigenvalue weighted by Gasteiger charge is -2.24. The van der Waals surface area contributed by atoms with Crippen LogP contribution in [0.5, 0.6) is 0 Å². The summed E-state index contributed by atoms with van der Waals surface area (Å²) in [5, 5.41) is 5.24. The van der Waals surface area contributed by atoms with Crippen molar-refractivity contribution in [3.05, 3.63) is 164 Å². The maximum absolute atomic E-state index is 6.15. The van der Waals surface area contributed by atoms with Crippen molar-refractivity contribution in [3.63, 3.8) is 0 Å². The third-order valence-corrected chi connectivity index (χ3v) is 10.8. The highest BCUT2D eigenvalue weighted by Crippen LogP contribution is 2.42. The highest BCUT2D eigenvalue weighted by Gasteiger charge is 2.21. The minimum atomic E-state index is 0.724. The minimum Gasteiger partial charge on any atom is -0.456 e. The molecule has 0 spiro atoms. The Morgan fingerprint density at radius 1 is 0.415 bits per heavy atom. The van der Waals surface area contributed by atoms with Crippen LogP contribution in [0.1, 0.15) is 0 Å². The van der Waals surface area contributed by atoms with Crippen molar-refractivity contribution < 1.29 is 8.83 Å². The second kappa shape index (κ2) is 11.8. The molecule has 0 aliphatic carbocycles. The molecule has 6 aromatic carbocycles. The largest absolute Gasteiger partial charge is 0.456 e. The van der Waals surface area contributed by atoms with E-state index >= 15 is 0 Å².